The summed E-state index contributed by atoms with van der Waals surface area (Å²) in [7, 11) is 1.57. The van der Waals surface area contributed by atoms with Gasteiger partial charge in [-0.1, -0.05) is 18.2 Å². The number of rotatable bonds is 6. The third kappa shape index (κ3) is 4.31. The molecule has 3 amide bonds. The Morgan fingerprint density at radius 2 is 1.97 bits per heavy atom. The van der Waals surface area contributed by atoms with E-state index >= 15 is 0 Å². The molecule has 0 unspecified atom stereocenters. The topological polar surface area (TPSA) is 74.8 Å². The minimum Gasteiger partial charge on any atom is -0.368 e. The highest BCUT2D eigenvalue weighted by atomic mass is 19.1. The van der Waals surface area contributed by atoms with Gasteiger partial charge in [0, 0.05) is 44.4 Å². The lowest BCUT2D eigenvalue weighted by atomic mass is 10.0. The first-order valence-electron chi connectivity index (χ1n) is 11.6. The van der Waals surface area contributed by atoms with Gasteiger partial charge >= 0.3 is 6.03 Å². The van der Waals surface area contributed by atoms with Crippen molar-refractivity contribution in [2.45, 2.75) is 49.8 Å². The van der Waals surface area contributed by atoms with E-state index in [-0.39, 0.29) is 29.8 Å². The van der Waals surface area contributed by atoms with E-state index in [0.29, 0.717) is 30.6 Å². The maximum atomic E-state index is 13.7. The molecular weight excluding hydrogens is 423 g/mol. The van der Waals surface area contributed by atoms with Gasteiger partial charge in [-0.3, -0.25) is 9.78 Å². The van der Waals surface area contributed by atoms with Crippen molar-refractivity contribution in [3.05, 3.63) is 54.0 Å². The summed E-state index contributed by atoms with van der Waals surface area (Å²) in [6.45, 7) is 2.15. The van der Waals surface area contributed by atoms with Gasteiger partial charge in [0.1, 0.15) is 11.4 Å². The zero-order valence-corrected chi connectivity index (χ0v) is 18.8. The number of urea groups is 1. The fraction of sp³-hybridized carbons (Fsp3) is 0.480. The second-order valence-electron chi connectivity index (χ2n) is 9.18. The second kappa shape index (κ2) is 8.74. The normalized spacial score (nSPS) is 23.2. The van der Waals surface area contributed by atoms with Crippen molar-refractivity contribution in [1.82, 2.24) is 20.1 Å². The van der Waals surface area contributed by atoms with Crippen LogP contribution >= 0.6 is 0 Å². The van der Waals surface area contributed by atoms with Crippen molar-refractivity contribution in [3.63, 3.8) is 0 Å². The van der Waals surface area contributed by atoms with E-state index in [2.05, 4.69) is 5.32 Å². The molecule has 1 aliphatic carbocycles. The second-order valence-corrected chi connectivity index (χ2v) is 9.18. The quantitative estimate of drug-likeness (QED) is 0.731. The van der Waals surface area contributed by atoms with Crippen LogP contribution in [0.5, 0.6) is 0 Å². The molecule has 2 atom stereocenters. The van der Waals surface area contributed by atoms with Gasteiger partial charge in [0.25, 0.3) is 5.91 Å². The first-order chi connectivity index (χ1) is 16.0. The molecule has 1 aromatic heterocycles. The number of hydrogen-bond donors (Lipinski definition) is 1. The highest BCUT2D eigenvalue weighted by Gasteiger charge is 2.52. The van der Waals surface area contributed by atoms with Crippen molar-refractivity contribution in [2.24, 2.45) is 0 Å². The van der Waals surface area contributed by atoms with Gasteiger partial charge in [-0.15, -0.1) is 0 Å². The van der Waals surface area contributed by atoms with Gasteiger partial charge in [-0.2, -0.15) is 0 Å². The fourth-order valence-corrected chi connectivity index (χ4v) is 4.75. The van der Waals surface area contributed by atoms with Gasteiger partial charge in [0.15, 0.2) is 0 Å². The van der Waals surface area contributed by atoms with Crippen molar-refractivity contribution in [3.8, 4) is 11.3 Å². The van der Waals surface area contributed by atoms with E-state index in [1.807, 2.05) is 34.1 Å². The standard InChI is InChI=1S/C25H29FN4O3/c1-33-25(10-11-25)23(31)28-21-9-14-30(24(32)29-12-4-13-29)22(21)16-19-7-3-8-20(27-19)17-5-2-6-18(26)15-17/h2-3,5-8,15,21-22H,4,9-14,16H2,1H3,(H,28,31)/t21-,22-/m0/s1. The predicted octanol–water partition coefficient (Wildman–Crippen LogP) is 2.99. The smallest absolute Gasteiger partial charge is 0.320 e. The SMILES string of the molecule is COC1(C(=O)N[C@H]2CCN(C(=O)N3CCC3)[C@H]2Cc2cccc(-c3cccc(F)c3)n2)CC1. The van der Waals surface area contributed by atoms with Gasteiger partial charge in [0.05, 0.1) is 17.8 Å². The van der Waals surface area contributed by atoms with Crippen LogP contribution in [0.25, 0.3) is 11.3 Å². The molecule has 3 heterocycles. The van der Waals surface area contributed by atoms with Crippen LogP contribution in [0.3, 0.4) is 0 Å². The Bertz CT molecular complexity index is 1050. The molecule has 7 nitrogen and oxygen atoms in total. The molecule has 2 aromatic rings. The van der Waals surface area contributed by atoms with Gasteiger partial charge < -0.3 is 19.9 Å². The highest BCUT2D eigenvalue weighted by molar-refractivity contribution is 5.88. The number of carbonyl (C=O) groups excluding carboxylic acids is 2. The Morgan fingerprint density at radius 3 is 2.64 bits per heavy atom. The average Bonchev–Trinajstić information content (AvgIpc) is 3.50. The first-order valence-corrected chi connectivity index (χ1v) is 11.6. The maximum Gasteiger partial charge on any atom is 0.320 e. The lowest BCUT2D eigenvalue weighted by Gasteiger charge is -2.38. The summed E-state index contributed by atoms with van der Waals surface area (Å²) < 4.78 is 19.2. The Labute approximate surface area is 192 Å². The van der Waals surface area contributed by atoms with Crippen molar-refractivity contribution < 1.29 is 18.7 Å². The van der Waals surface area contributed by atoms with Gasteiger partial charge in [-0.25, -0.2) is 9.18 Å². The zero-order chi connectivity index (χ0) is 23.0. The summed E-state index contributed by atoms with van der Waals surface area (Å²) in [5.41, 5.74) is 1.48. The van der Waals surface area contributed by atoms with Crippen molar-refractivity contribution in [2.75, 3.05) is 26.7 Å². The van der Waals surface area contributed by atoms with Crippen LogP contribution in [0.15, 0.2) is 42.5 Å². The van der Waals surface area contributed by atoms with Crippen LogP contribution in [-0.4, -0.2) is 71.2 Å². The van der Waals surface area contributed by atoms with Crippen LogP contribution < -0.4 is 5.32 Å². The van der Waals surface area contributed by atoms with Gasteiger partial charge in [0.2, 0.25) is 0 Å². The molecule has 33 heavy (non-hydrogen) atoms. The van der Waals surface area contributed by atoms with Crippen LogP contribution in [0.4, 0.5) is 9.18 Å². The third-order valence-electron chi connectivity index (χ3n) is 7.09. The number of hydrogen-bond acceptors (Lipinski definition) is 4. The molecule has 0 bridgehead atoms. The molecular formula is C25H29FN4O3. The number of pyridine rings is 1. The monoisotopic (exact) mass is 452 g/mol. The minimum absolute atomic E-state index is 0.0251. The third-order valence-corrected chi connectivity index (χ3v) is 7.09. The Morgan fingerprint density at radius 1 is 1.18 bits per heavy atom. The number of benzene rings is 1. The lowest BCUT2D eigenvalue weighted by Crippen LogP contribution is -2.55. The number of nitrogens with zero attached hydrogens (tertiary/aromatic N) is 3. The number of nitrogens with one attached hydrogen (secondary N) is 1. The summed E-state index contributed by atoms with van der Waals surface area (Å²) in [4.78, 5) is 34.5. The number of ether oxygens (including phenoxy) is 1. The molecule has 0 radical (unpaired) electrons. The molecule has 2 aliphatic heterocycles. The summed E-state index contributed by atoms with van der Waals surface area (Å²) >= 11 is 0. The van der Waals surface area contributed by atoms with E-state index in [9.17, 15) is 14.0 Å². The first kappa shape index (κ1) is 21.8. The number of carbonyl (C=O) groups is 2. The highest BCUT2D eigenvalue weighted by Crippen LogP contribution is 2.39. The van der Waals surface area contributed by atoms with Crippen LogP contribution in [0.2, 0.25) is 0 Å². The molecule has 8 heteroatoms. The summed E-state index contributed by atoms with van der Waals surface area (Å²) in [5, 5.41) is 3.16. The maximum absolute atomic E-state index is 13.7. The molecule has 3 aliphatic rings. The number of methoxy groups -OCH3 is 1. The molecule has 3 fully saturated rings. The average molecular weight is 453 g/mol. The van der Waals surface area contributed by atoms with Crippen molar-refractivity contribution in [1.29, 1.82) is 0 Å². The zero-order valence-electron chi connectivity index (χ0n) is 18.8. The van der Waals surface area contributed by atoms with E-state index < -0.39 is 5.60 Å². The molecule has 5 rings (SSSR count). The van der Waals surface area contributed by atoms with E-state index in [0.717, 1.165) is 38.0 Å². The number of likely N-dealkylation sites (tertiary alicyclic amines) is 2. The van der Waals surface area contributed by atoms with Crippen LogP contribution in [-0.2, 0) is 16.0 Å². The van der Waals surface area contributed by atoms with Crippen LogP contribution in [0.1, 0.15) is 31.4 Å². The Hall–Kier alpha value is -3.00. The summed E-state index contributed by atoms with van der Waals surface area (Å²) in [6, 6.07) is 11.7. The molecule has 174 valence electrons. The number of aromatic nitrogens is 1. The summed E-state index contributed by atoms with van der Waals surface area (Å²) in [5.74, 6) is -0.406. The van der Waals surface area contributed by atoms with Gasteiger partial charge in [-0.05, 0) is 49.9 Å². The predicted molar refractivity (Wildman–Crippen MR) is 121 cm³/mol. The largest absolute Gasteiger partial charge is 0.368 e. The number of amides is 3. The Kier molecular flexibility index (Phi) is 5.78. The summed E-state index contributed by atoms with van der Waals surface area (Å²) in [6.07, 6.45) is 3.67. The van der Waals surface area contributed by atoms with Crippen molar-refractivity contribution >= 4 is 11.9 Å². The van der Waals surface area contributed by atoms with E-state index in [1.54, 1.807) is 13.2 Å². The minimum atomic E-state index is -0.713. The lowest BCUT2D eigenvalue weighted by molar-refractivity contribution is -0.134. The van der Waals surface area contributed by atoms with Crippen LogP contribution in [0, 0.1) is 5.82 Å². The molecule has 1 N–H and O–H groups in total. The molecule has 1 saturated carbocycles. The van der Waals surface area contributed by atoms with E-state index in [1.165, 1.54) is 12.1 Å². The molecule has 2 saturated heterocycles. The van der Waals surface area contributed by atoms with E-state index in [4.69, 9.17) is 9.72 Å². The fourth-order valence-electron chi connectivity index (χ4n) is 4.75. The number of halogens is 1. The molecule has 1 aromatic carbocycles. The molecule has 0 spiro atoms. The Balaban J connectivity index is 1.38.